The molecular weight excluding hydrogens is 290 g/mol. The summed E-state index contributed by atoms with van der Waals surface area (Å²) in [6.45, 7) is 0.114. The molecule has 6 heteroatoms. The van der Waals surface area contributed by atoms with Crippen molar-refractivity contribution in [1.29, 1.82) is 0 Å². The molecule has 4 nitrogen and oxygen atoms in total. The van der Waals surface area contributed by atoms with Crippen molar-refractivity contribution in [3.8, 4) is 0 Å². The van der Waals surface area contributed by atoms with Gasteiger partial charge in [0.15, 0.2) is 5.82 Å². The third-order valence-corrected chi connectivity index (χ3v) is 3.80. The molecule has 0 bridgehead atoms. The van der Waals surface area contributed by atoms with Crippen molar-refractivity contribution < 1.29 is 18.7 Å². The first kappa shape index (κ1) is 14.6. The summed E-state index contributed by atoms with van der Waals surface area (Å²) in [5.41, 5.74) is 0.622. The molecule has 1 amide bonds. The van der Waals surface area contributed by atoms with Gasteiger partial charge in [0.1, 0.15) is 5.82 Å². The number of nitrogens with zero attached hydrogens (tertiary/aromatic N) is 2. The minimum absolute atomic E-state index is 0.0868. The molecular formula is C16H14F2N2O2. The lowest BCUT2D eigenvalue weighted by Crippen LogP contribution is -2.32. The second-order valence-electron chi connectivity index (χ2n) is 5.27. The summed E-state index contributed by atoms with van der Waals surface area (Å²) in [4.78, 5) is 17.6. The molecule has 2 atom stereocenters. The van der Waals surface area contributed by atoms with Gasteiger partial charge in [-0.05, 0) is 30.2 Å². The zero-order valence-electron chi connectivity index (χ0n) is 11.6. The number of amides is 1. The third-order valence-electron chi connectivity index (χ3n) is 3.80. The van der Waals surface area contributed by atoms with E-state index in [0.717, 1.165) is 6.20 Å². The summed E-state index contributed by atoms with van der Waals surface area (Å²) in [6.07, 6.45) is 1.97. The highest BCUT2D eigenvalue weighted by Gasteiger charge is 2.36. The number of hydrogen-bond acceptors (Lipinski definition) is 3. The van der Waals surface area contributed by atoms with E-state index in [4.69, 9.17) is 0 Å². The van der Waals surface area contributed by atoms with Crippen molar-refractivity contribution in [1.82, 2.24) is 9.88 Å². The first-order valence-electron chi connectivity index (χ1n) is 6.90. The number of benzene rings is 1. The fourth-order valence-electron chi connectivity index (χ4n) is 2.74. The molecule has 0 saturated carbocycles. The molecule has 1 aromatic carbocycles. The van der Waals surface area contributed by atoms with Gasteiger partial charge in [-0.25, -0.2) is 8.78 Å². The fourth-order valence-corrected chi connectivity index (χ4v) is 2.74. The van der Waals surface area contributed by atoms with Crippen LogP contribution >= 0.6 is 0 Å². The summed E-state index contributed by atoms with van der Waals surface area (Å²) >= 11 is 0. The highest BCUT2D eigenvalue weighted by atomic mass is 19.1. The molecule has 1 aliphatic heterocycles. The zero-order chi connectivity index (χ0) is 15.7. The summed E-state index contributed by atoms with van der Waals surface area (Å²) < 4.78 is 26.8. The molecule has 2 heterocycles. The molecule has 1 fully saturated rings. The van der Waals surface area contributed by atoms with E-state index in [-0.39, 0.29) is 17.9 Å². The number of rotatable bonds is 2. The molecule has 1 N–H and O–H groups in total. The average Bonchev–Trinajstić information content (AvgIpc) is 2.90. The Hall–Kier alpha value is -2.34. The van der Waals surface area contributed by atoms with E-state index in [1.807, 2.05) is 0 Å². The first-order valence-corrected chi connectivity index (χ1v) is 6.90. The summed E-state index contributed by atoms with van der Waals surface area (Å²) in [5, 5.41) is 9.88. The van der Waals surface area contributed by atoms with Gasteiger partial charge in [0, 0.05) is 12.7 Å². The Morgan fingerprint density at radius 1 is 1.23 bits per heavy atom. The van der Waals surface area contributed by atoms with Gasteiger partial charge >= 0.3 is 0 Å². The van der Waals surface area contributed by atoms with E-state index in [0.29, 0.717) is 12.0 Å². The molecule has 0 spiro atoms. The van der Waals surface area contributed by atoms with Crippen molar-refractivity contribution >= 4 is 5.91 Å². The van der Waals surface area contributed by atoms with Gasteiger partial charge in [-0.2, -0.15) is 0 Å². The number of aromatic nitrogens is 1. The van der Waals surface area contributed by atoms with Crippen LogP contribution in [-0.4, -0.2) is 33.5 Å². The largest absolute Gasteiger partial charge is 0.391 e. The van der Waals surface area contributed by atoms with Gasteiger partial charge in [0.05, 0.1) is 23.9 Å². The topological polar surface area (TPSA) is 53.4 Å². The van der Waals surface area contributed by atoms with Gasteiger partial charge < -0.3 is 10.0 Å². The summed E-state index contributed by atoms with van der Waals surface area (Å²) in [6, 6.07) is 6.65. The highest BCUT2D eigenvalue weighted by Crippen LogP contribution is 2.33. The predicted molar refractivity (Wildman–Crippen MR) is 75.0 cm³/mol. The maximum atomic E-state index is 13.8. The van der Waals surface area contributed by atoms with E-state index in [2.05, 4.69) is 4.98 Å². The van der Waals surface area contributed by atoms with Crippen LogP contribution in [0.2, 0.25) is 0 Å². The number of carbonyl (C=O) groups is 1. The summed E-state index contributed by atoms with van der Waals surface area (Å²) in [5.74, 6) is -1.59. The Morgan fingerprint density at radius 2 is 1.95 bits per heavy atom. The number of likely N-dealkylation sites (tertiary alicyclic amines) is 1. The Labute approximate surface area is 126 Å². The minimum Gasteiger partial charge on any atom is -0.391 e. The van der Waals surface area contributed by atoms with E-state index in [9.17, 15) is 18.7 Å². The van der Waals surface area contributed by atoms with Crippen LogP contribution in [0.5, 0.6) is 0 Å². The van der Waals surface area contributed by atoms with Crippen molar-refractivity contribution in [3.63, 3.8) is 0 Å². The van der Waals surface area contributed by atoms with Crippen molar-refractivity contribution in [2.24, 2.45) is 0 Å². The van der Waals surface area contributed by atoms with E-state index >= 15 is 0 Å². The molecule has 1 aliphatic rings. The van der Waals surface area contributed by atoms with E-state index in [1.165, 1.54) is 29.3 Å². The number of halogens is 2. The van der Waals surface area contributed by atoms with Crippen LogP contribution in [0.15, 0.2) is 42.7 Å². The smallest absolute Gasteiger partial charge is 0.257 e. The SMILES string of the molecule is O=C(c1ccncc1F)N1C[C@H](O)C[C@@H]1c1ccc(F)cc1. The predicted octanol–water partition coefficient (Wildman–Crippen LogP) is 2.31. The maximum Gasteiger partial charge on any atom is 0.257 e. The van der Waals surface area contributed by atoms with Crippen molar-refractivity contribution in [3.05, 3.63) is 65.5 Å². The second kappa shape index (κ2) is 5.81. The monoisotopic (exact) mass is 304 g/mol. The first-order chi connectivity index (χ1) is 10.6. The van der Waals surface area contributed by atoms with Crippen LogP contribution in [0.25, 0.3) is 0 Å². The van der Waals surface area contributed by atoms with Crippen LogP contribution in [0.3, 0.4) is 0 Å². The number of pyridine rings is 1. The molecule has 0 unspecified atom stereocenters. The number of hydrogen-bond donors (Lipinski definition) is 1. The zero-order valence-corrected chi connectivity index (χ0v) is 11.6. The van der Waals surface area contributed by atoms with E-state index in [1.54, 1.807) is 12.1 Å². The molecule has 1 aromatic heterocycles. The normalized spacial score (nSPS) is 21.1. The Morgan fingerprint density at radius 3 is 2.64 bits per heavy atom. The summed E-state index contributed by atoms with van der Waals surface area (Å²) in [7, 11) is 0. The number of carbonyl (C=O) groups excluding carboxylic acids is 1. The van der Waals surface area contributed by atoms with Gasteiger partial charge in [-0.3, -0.25) is 9.78 Å². The van der Waals surface area contributed by atoms with Crippen LogP contribution in [0.1, 0.15) is 28.4 Å². The van der Waals surface area contributed by atoms with Crippen molar-refractivity contribution in [2.45, 2.75) is 18.6 Å². The van der Waals surface area contributed by atoms with Gasteiger partial charge in [0.2, 0.25) is 0 Å². The lowest BCUT2D eigenvalue weighted by Gasteiger charge is -2.25. The number of aliphatic hydroxyl groups is 1. The van der Waals surface area contributed by atoms with Gasteiger partial charge in [-0.1, -0.05) is 12.1 Å². The number of aliphatic hydroxyl groups excluding tert-OH is 1. The highest BCUT2D eigenvalue weighted by molar-refractivity contribution is 5.94. The van der Waals surface area contributed by atoms with E-state index < -0.39 is 23.9 Å². The van der Waals surface area contributed by atoms with Gasteiger partial charge in [0.25, 0.3) is 5.91 Å². The third kappa shape index (κ3) is 2.69. The molecule has 22 heavy (non-hydrogen) atoms. The second-order valence-corrected chi connectivity index (χ2v) is 5.27. The lowest BCUT2D eigenvalue weighted by molar-refractivity contribution is 0.0711. The van der Waals surface area contributed by atoms with Gasteiger partial charge in [-0.15, -0.1) is 0 Å². The Balaban J connectivity index is 1.92. The Bertz CT molecular complexity index is 691. The Kier molecular flexibility index (Phi) is 3.85. The molecule has 2 aromatic rings. The van der Waals surface area contributed by atoms with Crippen LogP contribution in [-0.2, 0) is 0 Å². The molecule has 0 radical (unpaired) electrons. The van der Waals surface area contributed by atoms with Crippen LogP contribution in [0.4, 0.5) is 8.78 Å². The fraction of sp³-hybridized carbons (Fsp3) is 0.250. The molecule has 3 rings (SSSR count). The number of β-amino-alcohol motifs (C(OH)–C–C–N with tert-alkyl or cyclic N) is 1. The molecule has 114 valence electrons. The maximum absolute atomic E-state index is 13.8. The minimum atomic E-state index is -0.702. The quantitative estimate of drug-likeness (QED) is 0.926. The standard InChI is InChI=1S/C16H14F2N2O2/c17-11-3-1-10(2-4-11)15-7-12(21)9-20(15)16(22)13-5-6-19-8-14(13)18/h1-6,8,12,15,21H,7,9H2/t12-,15-/m1/s1. The van der Waals surface area contributed by atoms with Crippen LogP contribution in [0, 0.1) is 11.6 Å². The lowest BCUT2D eigenvalue weighted by atomic mass is 10.0. The average molecular weight is 304 g/mol. The molecule has 1 saturated heterocycles. The van der Waals surface area contributed by atoms with Crippen LogP contribution < -0.4 is 0 Å². The molecule has 0 aliphatic carbocycles. The van der Waals surface area contributed by atoms with Crippen molar-refractivity contribution in [2.75, 3.05) is 6.54 Å².